The van der Waals surface area contributed by atoms with E-state index in [4.69, 9.17) is 9.26 Å². The van der Waals surface area contributed by atoms with Crippen LogP contribution in [0, 0.1) is 0 Å². The van der Waals surface area contributed by atoms with E-state index in [1.807, 2.05) is 31.3 Å². The summed E-state index contributed by atoms with van der Waals surface area (Å²) in [5.41, 5.74) is 2.11. The number of rotatable bonds is 4. The zero-order valence-corrected chi connectivity index (χ0v) is 12.5. The Kier molecular flexibility index (Phi) is 3.50. The third-order valence-electron chi connectivity index (χ3n) is 3.38. The van der Waals surface area contributed by atoms with Gasteiger partial charge in [0.05, 0.1) is 7.11 Å². The van der Waals surface area contributed by atoms with Gasteiger partial charge in [0, 0.05) is 24.4 Å². The summed E-state index contributed by atoms with van der Waals surface area (Å²) in [5, 5.41) is 3.99. The first-order valence-corrected chi connectivity index (χ1v) is 6.74. The topological polar surface area (TPSA) is 70.2 Å². The number of hydrogen-bond acceptors (Lipinski definition) is 5. The number of ketones is 1. The molecule has 0 saturated heterocycles. The lowest BCUT2D eigenvalue weighted by molar-refractivity contribution is 0.101. The van der Waals surface area contributed by atoms with Gasteiger partial charge < -0.3 is 13.8 Å². The summed E-state index contributed by atoms with van der Waals surface area (Å²) >= 11 is 0. The minimum absolute atomic E-state index is 0.00520. The van der Waals surface area contributed by atoms with Crippen LogP contribution >= 0.6 is 0 Å². The molecular weight excluding hydrogens is 282 g/mol. The summed E-state index contributed by atoms with van der Waals surface area (Å²) in [6, 6.07) is 9.16. The number of carbonyl (C=O) groups excluding carboxylic acids is 1. The van der Waals surface area contributed by atoms with Gasteiger partial charge in [-0.3, -0.25) is 4.79 Å². The third kappa shape index (κ3) is 2.50. The molecule has 0 atom stereocenters. The quantitative estimate of drug-likeness (QED) is 0.692. The Morgan fingerprint density at radius 2 is 2.14 bits per heavy atom. The van der Waals surface area contributed by atoms with E-state index < -0.39 is 0 Å². The molecule has 6 heteroatoms. The van der Waals surface area contributed by atoms with Gasteiger partial charge in [0.25, 0.3) is 5.89 Å². The SMILES string of the molecule is COc1cccc(-c2noc(-c3cc(C(C)=O)cn3C)n2)c1. The van der Waals surface area contributed by atoms with Crippen LogP contribution < -0.4 is 4.74 Å². The van der Waals surface area contributed by atoms with Gasteiger partial charge in [-0.25, -0.2) is 0 Å². The standard InChI is InChI=1S/C16H15N3O3/c1-10(20)12-8-14(19(2)9-12)16-17-15(18-22-16)11-5-4-6-13(7-11)21-3/h4-9H,1-3H3. The number of methoxy groups -OCH3 is 1. The fraction of sp³-hybridized carbons (Fsp3) is 0.188. The van der Waals surface area contributed by atoms with Crippen LogP contribution in [-0.2, 0) is 7.05 Å². The lowest BCUT2D eigenvalue weighted by Gasteiger charge is -1.99. The van der Waals surface area contributed by atoms with E-state index in [-0.39, 0.29) is 5.78 Å². The molecule has 0 saturated carbocycles. The molecule has 0 fully saturated rings. The van der Waals surface area contributed by atoms with Gasteiger partial charge in [-0.2, -0.15) is 4.98 Å². The first-order chi connectivity index (χ1) is 10.6. The molecule has 6 nitrogen and oxygen atoms in total. The molecule has 0 aliphatic heterocycles. The van der Waals surface area contributed by atoms with Crippen molar-refractivity contribution in [2.75, 3.05) is 7.11 Å². The summed E-state index contributed by atoms with van der Waals surface area (Å²) in [6.45, 7) is 1.52. The van der Waals surface area contributed by atoms with Gasteiger partial charge in [0.1, 0.15) is 11.4 Å². The number of ether oxygens (including phenoxy) is 1. The summed E-state index contributed by atoms with van der Waals surface area (Å²) in [4.78, 5) is 15.8. The van der Waals surface area contributed by atoms with Crippen molar-refractivity contribution in [2.45, 2.75) is 6.92 Å². The molecule has 2 heterocycles. The number of aromatic nitrogens is 3. The average Bonchev–Trinajstić information content (AvgIpc) is 3.13. The second kappa shape index (κ2) is 5.48. The van der Waals surface area contributed by atoms with E-state index in [2.05, 4.69) is 10.1 Å². The summed E-state index contributed by atoms with van der Waals surface area (Å²) in [6.07, 6.45) is 1.74. The second-order valence-electron chi connectivity index (χ2n) is 4.94. The fourth-order valence-electron chi connectivity index (χ4n) is 2.18. The molecule has 0 radical (unpaired) electrons. The van der Waals surface area contributed by atoms with Gasteiger partial charge in [0.15, 0.2) is 5.78 Å². The maximum Gasteiger partial charge on any atom is 0.274 e. The van der Waals surface area contributed by atoms with Crippen molar-refractivity contribution in [2.24, 2.45) is 7.05 Å². The highest BCUT2D eigenvalue weighted by Crippen LogP contribution is 2.25. The number of Topliss-reactive ketones (excluding diaryl/α,β-unsaturated/α-hetero) is 1. The number of hydrogen-bond donors (Lipinski definition) is 0. The number of benzene rings is 1. The van der Waals surface area contributed by atoms with Gasteiger partial charge in [-0.05, 0) is 25.1 Å². The average molecular weight is 297 g/mol. The van der Waals surface area contributed by atoms with Crippen molar-refractivity contribution in [3.63, 3.8) is 0 Å². The van der Waals surface area contributed by atoms with Crippen molar-refractivity contribution < 1.29 is 14.1 Å². The van der Waals surface area contributed by atoms with Gasteiger partial charge in [-0.1, -0.05) is 17.3 Å². The van der Waals surface area contributed by atoms with Crippen molar-refractivity contribution in [3.8, 4) is 28.7 Å². The predicted octanol–water partition coefficient (Wildman–Crippen LogP) is 2.95. The molecule has 3 rings (SSSR count). The predicted molar refractivity (Wildman–Crippen MR) is 80.7 cm³/mol. The molecule has 112 valence electrons. The van der Waals surface area contributed by atoms with Crippen LogP contribution in [0.1, 0.15) is 17.3 Å². The highest BCUT2D eigenvalue weighted by atomic mass is 16.5. The Bertz CT molecular complexity index is 833. The maximum atomic E-state index is 11.4. The molecule has 22 heavy (non-hydrogen) atoms. The zero-order valence-electron chi connectivity index (χ0n) is 12.5. The van der Waals surface area contributed by atoms with E-state index >= 15 is 0 Å². The van der Waals surface area contributed by atoms with Crippen LogP contribution in [0.25, 0.3) is 23.0 Å². The van der Waals surface area contributed by atoms with Gasteiger partial charge in [-0.15, -0.1) is 0 Å². The van der Waals surface area contributed by atoms with E-state index in [9.17, 15) is 4.79 Å². The second-order valence-corrected chi connectivity index (χ2v) is 4.94. The molecule has 0 spiro atoms. The zero-order chi connectivity index (χ0) is 15.7. The van der Waals surface area contributed by atoms with Crippen molar-refractivity contribution in [1.29, 1.82) is 0 Å². The summed E-state index contributed by atoms with van der Waals surface area (Å²) < 4.78 is 12.3. The minimum atomic E-state index is -0.00520. The van der Waals surface area contributed by atoms with E-state index in [0.717, 1.165) is 11.3 Å². The Balaban J connectivity index is 1.98. The monoisotopic (exact) mass is 297 g/mol. The molecule has 0 aliphatic rings. The van der Waals surface area contributed by atoms with Crippen molar-refractivity contribution in [1.82, 2.24) is 14.7 Å². The lowest BCUT2D eigenvalue weighted by Crippen LogP contribution is -1.90. The van der Waals surface area contributed by atoms with Crippen molar-refractivity contribution >= 4 is 5.78 Å². The van der Waals surface area contributed by atoms with E-state index in [1.165, 1.54) is 6.92 Å². The third-order valence-corrected chi connectivity index (χ3v) is 3.38. The van der Waals surface area contributed by atoms with Crippen LogP contribution in [0.4, 0.5) is 0 Å². The van der Waals surface area contributed by atoms with Gasteiger partial charge >= 0.3 is 0 Å². The summed E-state index contributed by atoms with van der Waals surface area (Å²) in [5.74, 6) is 1.56. The first-order valence-electron chi connectivity index (χ1n) is 6.74. The lowest BCUT2D eigenvalue weighted by atomic mass is 10.2. The molecule has 0 aliphatic carbocycles. The number of aryl methyl sites for hydroxylation is 1. The van der Waals surface area contributed by atoms with Gasteiger partial charge in [0.2, 0.25) is 5.82 Å². The molecule has 0 unspecified atom stereocenters. The fourth-order valence-corrected chi connectivity index (χ4v) is 2.18. The van der Waals surface area contributed by atoms with Crippen molar-refractivity contribution in [3.05, 3.63) is 42.1 Å². The molecule has 0 N–H and O–H groups in total. The smallest absolute Gasteiger partial charge is 0.274 e. The Labute approximate surface area is 127 Å². The number of carbonyl (C=O) groups is 1. The molecule has 1 aromatic carbocycles. The highest BCUT2D eigenvalue weighted by Gasteiger charge is 2.16. The van der Waals surface area contributed by atoms with Crippen LogP contribution in [-0.4, -0.2) is 27.6 Å². The molecule has 0 amide bonds. The Morgan fingerprint density at radius 1 is 1.32 bits per heavy atom. The Morgan fingerprint density at radius 3 is 2.82 bits per heavy atom. The normalized spacial score (nSPS) is 10.7. The maximum absolute atomic E-state index is 11.4. The Hall–Kier alpha value is -2.89. The molecular formula is C16H15N3O3. The molecule has 3 aromatic rings. The van der Waals surface area contributed by atoms with Crippen LogP contribution in [0.3, 0.4) is 0 Å². The first kappa shape index (κ1) is 14.1. The highest BCUT2D eigenvalue weighted by molar-refractivity contribution is 5.95. The van der Waals surface area contributed by atoms with Crippen LogP contribution in [0.5, 0.6) is 5.75 Å². The van der Waals surface area contributed by atoms with Crippen LogP contribution in [0.15, 0.2) is 41.1 Å². The summed E-state index contributed by atoms with van der Waals surface area (Å²) in [7, 11) is 3.44. The van der Waals surface area contributed by atoms with E-state index in [0.29, 0.717) is 23.0 Å². The number of nitrogens with zero attached hydrogens (tertiary/aromatic N) is 3. The molecule has 0 bridgehead atoms. The van der Waals surface area contributed by atoms with E-state index in [1.54, 1.807) is 23.9 Å². The molecule has 2 aromatic heterocycles. The van der Waals surface area contributed by atoms with Crippen LogP contribution in [0.2, 0.25) is 0 Å². The minimum Gasteiger partial charge on any atom is -0.497 e. The largest absolute Gasteiger partial charge is 0.497 e.